The van der Waals surface area contributed by atoms with Crippen LogP contribution in [0.4, 0.5) is 0 Å². The fourth-order valence-electron chi connectivity index (χ4n) is 1.97. The summed E-state index contributed by atoms with van der Waals surface area (Å²) in [5.74, 6) is 1.07. The zero-order valence-corrected chi connectivity index (χ0v) is 13.4. The Morgan fingerprint density at radius 2 is 2.00 bits per heavy atom. The summed E-state index contributed by atoms with van der Waals surface area (Å²) < 4.78 is 0. The molecule has 0 aliphatic rings. The van der Waals surface area contributed by atoms with Gasteiger partial charge in [-0.15, -0.1) is 10.2 Å². The predicted molar refractivity (Wildman–Crippen MR) is 88.3 cm³/mol. The highest BCUT2D eigenvalue weighted by molar-refractivity contribution is 7.99. The van der Waals surface area contributed by atoms with Crippen molar-refractivity contribution in [1.82, 2.24) is 20.2 Å². The van der Waals surface area contributed by atoms with E-state index >= 15 is 0 Å². The van der Waals surface area contributed by atoms with Gasteiger partial charge in [-0.05, 0) is 22.8 Å². The van der Waals surface area contributed by atoms with Crippen LogP contribution in [0.25, 0.3) is 6.08 Å². The SMILES string of the molecule is C=Cc1ccc(Cn2nnc(SCCCCCC)n2)cc1. The highest BCUT2D eigenvalue weighted by atomic mass is 32.2. The molecule has 21 heavy (non-hydrogen) atoms. The molecule has 4 nitrogen and oxygen atoms in total. The normalized spacial score (nSPS) is 10.7. The van der Waals surface area contributed by atoms with Crippen molar-refractivity contribution in [3.05, 3.63) is 42.0 Å². The molecule has 0 bridgehead atoms. The Morgan fingerprint density at radius 3 is 2.71 bits per heavy atom. The van der Waals surface area contributed by atoms with Gasteiger partial charge < -0.3 is 0 Å². The number of benzene rings is 1. The predicted octanol–water partition coefficient (Wildman–Crippen LogP) is 4.04. The second-order valence-corrected chi connectivity index (χ2v) is 6.02. The quantitative estimate of drug-likeness (QED) is 0.518. The van der Waals surface area contributed by atoms with Crippen LogP contribution in [0.3, 0.4) is 0 Å². The van der Waals surface area contributed by atoms with Gasteiger partial charge in [0.05, 0.1) is 6.54 Å². The molecule has 0 fully saturated rings. The first-order valence-corrected chi connectivity index (χ1v) is 8.42. The van der Waals surface area contributed by atoms with Gasteiger partial charge >= 0.3 is 0 Å². The molecule has 1 aromatic heterocycles. The number of hydrogen-bond donors (Lipinski definition) is 0. The van der Waals surface area contributed by atoms with Gasteiger partial charge in [0.2, 0.25) is 5.16 Å². The number of aromatic nitrogens is 4. The topological polar surface area (TPSA) is 43.6 Å². The lowest BCUT2D eigenvalue weighted by atomic mass is 10.1. The van der Waals surface area contributed by atoms with Gasteiger partial charge in [-0.1, -0.05) is 74.9 Å². The smallest absolute Gasteiger partial charge is 0.159 e. The molecule has 0 N–H and O–H groups in total. The van der Waals surface area contributed by atoms with E-state index in [2.05, 4.69) is 41.0 Å². The summed E-state index contributed by atoms with van der Waals surface area (Å²) in [5, 5.41) is 13.4. The molecule has 2 rings (SSSR count). The second-order valence-electron chi connectivity index (χ2n) is 4.96. The van der Waals surface area contributed by atoms with Crippen LogP contribution in [0.1, 0.15) is 43.7 Å². The minimum absolute atomic E-state index is 0.654. The van der Waals surface area contributed by atoms with Crippen molar-refractivity contribution in [2.75, 3.05) is 5.75 Å². The molecule has 0 aliphatic carbocycles. The minimum Gasteiger partial charge on any atom is -0.159 e. The standard InChI is InChI=1S/C16H22N4S/c1-3-5-6-7-12-21-16-17-19-20(18-16)13-15-10-8-14(4-2)9-11-15/h4,8-11H,2-3,5-7,12-13H2,1H3. The Labute approximate surface area is 130 Å². The van der Waals surface area contributed by atoms with Crippen LogP contribution in [0.5, 0.6) is 0 Å². The third-order valence-corrected chi connectivity index (χ3v) is 4.12. The molecule has 0 spiro atoms. The van der Waals surface area contributed by atoms with E-state index in [1.54, 1.807) is 16.6 Å². The maximum absolute atomic E-state index is 4.40. The molecule has 0 amide bonds. The van der Waals surface area contributed by atoms with Gasteiger partial charge in [0.1, 0.15) is 0 Å². The Morgan fingerprint density at radius 1 is 1.19 bits per heavy atom. The largest absolute Gasteiger partial charge is 0.231 e. The van der Waals surface area contributed by atoms with Crippen LogP contribution in [-0.4, -0.2) is 26.0 Å². The lowest BCUT2D eigenvalue weighted by molar-refractivity contribution is 0.568. The van der Waals surface area contributed by atoms with Gasteiger partial charge in [0.25, 0.3) is 0 Å². The van der Waals surface area contributed by atoms with E-state index in [0.717, 1.165) is 22.0 Å². The number of nitrogens with zero attached hydrogens (tertiary/aromatic N) is 4. The third kappa shape index (κ3) is 5.34. The van der Waals surface area contributed by atoms with Crippen LogP contribution in [0, 0.1) is 0 Å². The van der Waals surface area contributed by atoms with Gasteiger partial charge in [-0.25, -0.2) is 0 Å². The molecule has 0 radical (unpaired) electrons. The summed E-state index contributed by atoms with van der Waals surface area (Å²) in [6.07, 6.45) is 6.92. The van der Waals surface area contributed by atoms with Crippen molar-refractivity contribution in [3.8, 4) is 0 Å². The summed E-state index contributed by atoms with van der Waals surface area (Å²) in [6, 6.07) is 8.22. The Hall–Kier alpha value is -1.62. The number of tetrazole rings is 1. The molecule has 112 valence electrons. The van der Waals surface area contributed by atoms with E-state index < -0.39 is 0 Å². The Bertz CT molecular complexity index is 548. The van der Waals surface area contributed by atoms with E-state index in [9.17, 15) is 0 Å². The highest BCUT2D eigenvalue weighted by Crippen LogP contribution is 2.14. The molecule has 5 heteroatoms. The minimum atomic E-state index is 0.654. The molecular weight excluding hydrogens is 280 g/mol. The average Bonchev–Trinajstić information content (AvgIpc) is 2.95. The fraction of sp³-hybridized carbons (Fsp3) is 0.438. The second kappa shape index (κ2) is 8.62. The summed E-state index contributed by atoms with van der Waals surface area (Å²) in [7, 11) is 0. The first kappa shape index (κ1) is 15.8. The summed E-state index contributed by atoms with van der Waals surface area (Å²) >= 11 is 1.69. The Kier molecular flexibility index (Phi) is 6.47. The fourth-order valence-corrected chi connectivity index (χ4v) is 2.75. The van der Waals surface area contributed by atoms with Crippen molar-refractivity contribution in [2.24, 2.45) is 0 Å². The van der Waals surface area contributed by atoms with Crippen LogP contribution in [-0.2, 0) is 6.54 Å². The zero-order valence-electron chi connectivity index (χ0n) is 12.5. The number of unbranched alkanes of at least 4 members (excludes halogenated alkanes) is 3. The van der Waals surface area contributed by atoms with E-state index in [1.165, 1.54) is 25.7 Å². The molecule has 1 heterocycles. The van der Waals surface area contributed by atoms with E-state index in [1.807, 2.05) is 18.2 Å². The van der Waals surface area contributed by atoms with E-state index in [0.29, 0.717) is 6.54 Å². The van der Waals surface area contributed by atoms with Crippen molar-refractivity contribution in [1.29, 1.82) is 0 Å². The molecule has 1 aromatic carbocycles. The highest BCUT2D eigenvalue weighted by Gasteiger charge is 2.04. The lowest BCUT2D eigenvalue weighted by Crippen LogP contribution is -2.03. The van der Waals surface area contributed by atoms with Crippen molar-refractivity contribution in [3.63, 3.8) is 0 Å². The van der Waals surface area contributed by atoms with Crippen molar-refractivity contribution >= 4 is 17.8 Å². The molecule has 2 aromatic rings. The van der Waals surface area contributed by atoms with Gasteiger partial charge in [-0.2, -0.15) is 4.80 Å². The molecule has 0 saturated heterocycles. The molecule has 0 aliphatic heterocycles. The van der Waals surface area contributed by atoms with Crippen molar-refractivity contribution in [2.45, 2.75) is 44.3 Å². The summed E-state index contributed by atoms with van der Waals surface area (Å²) in [4.78, 5) is 1.65. The monoisotopic (exact) mass is 302 g/mol. The van der Waals surface area contributed by atoms with Crippen LogP contribution in [0.2, 0.25) is 0 Å². The van der Waals surface area contributed by atoms with Crippen LogP contribution >= 0.6 is 11.8 Å². The number of hydrogen-bond acceptors (Lipinski definition) is 4. The number of thioether (sulfide) groups is 1. The molecule has 0 atom stereocenters. The first-order chi connectivity index (χ1) is 10.3. The Balaban J connectivity index is 1.80. The van der Waals surface area contributed by atoms with Gasteiger partial charge in [-0.3, -0.25) is 0 Å². The van der Waals surface area contributed by atoms with Crippen molar-refractivity contribution < 1.29 is 0 Å². The summed E-state index contributed by atoms with van der Waals surface area (Å²) in [5.41, 5.74) is 2.28. The third-order valence-electron chi connectivity index (χ3n) is 3.20. The molecule has 0 saturated carbocycles. The lowest BCUT2D eigenvalue weighted by Gasteiger charge is -2.00. The van der Waals surface area contributed by atoms with Crippen LogP contribution in [0.15, 0.2) is 36.0 Å². The molecular formula is C16H22N4S. The average molecular weight is 302 g/mol. The summed E-state index contributed by atoms with van der Waals surface area (Å²) in [6.45, 7) is 6.63. The maximum atomic E-state index is 4.40. The first-order valence-electron chi connectivity index (χ1n) is 7.44. The maximum Gasteiger partial charge on any atom is 0.231 e. The van der Waals surface area contributed by atoms with E-state index in [4.69, 9.17) is 0 Å². The molecule has 0 unspecified atom stereocenters. The number of rotatable bonds is 9. The zero-order chi connectivity index (χ0) is 14.9. The van der Waals surface area contributed by atoms with E-state index in [-0.39, 0.29) is 0 Å². The van der Waals surface area contributed by atoms with Gasteiger partial charge in [0, 0.05) is 5.75 Å². The van der Waals surface area contributed by atoms with Gasteiger partial charge in [0.15, 0.2) is 0 Å². The van der Waals surface area contributed by atoms with Crippen LogP contribution < -0.4 is 0 Å².